The molecule has 0 atom stereocenters. The molecule has 1 amide bonds. The van der Waals surface area contributed by atoms with Crippen LogP contribution in [0.4, 0.5) is 0 Å². The molecular weight excluding hydrogens is 362 g/mol. The van der Waals surface area contributed by atoms with Crippen molar-refractivity contribution in [2.45, 2.75) is 13.1 Å². The Morgan fingerprint density at radius 2 is 1.85 bits per heavy atom. The van der Waals surface area contributed by atoms with Gasteiger partial charge in [-0.05, 0) is 23.3 Å². The molecule has 0 saturated carbocycles. The van der Waals surface area contributed by atoms with Gasteiger partial charge in [-0.25, -0.2) is 9.97 Å². The van der Waals surface area contributed by atoms with E-state index in [1.807, 2.05) is 42.5 Å². The molecule has 0 aliphatic rings. The van der Waals surface area contributed by atoms with Gasteiger partial charge in [0, 0.05) is 18.9 Å². The van der Waals surface area contributed by atoms with E-state index in [9.17, 15) is 9.59 Å². The summed E-state index contributed by atoms with van der Waals surface area (Å²) in [6.07, 6.45) is 4.80. The van der Waals surface area contributed by atoms with E-state index in [0.717, 1.165) is 22.5 Å². The Morgan fingerprint density at radius 1 is 1.07 bits per heavy atom. The fourth-order valence-corrected chi connectivity index (χ4v) is 3.48. The molecular formula is C19H15N5O2S. The number of fused-ring (bicyclic) bond motifs is 1. The smallest absolute Gasteiger partial charge is 0.280 e. The Hall–Kier alpha value is -3.39. The van der Waals surface area contributed by atoms with Crippen LogP contribution in [0.15, 0.2) is 66.0 Å². The van der Waals surface area contributed by atoms with Gasteiger partial charge >= 0.3 is 0 Å². The van der Waals surface area contributed by atoms with Crippen molar-refractivity contribution < 1.29 is 4.79 Å². The van der Waals surface area contributed by atoms with Gasteiger partial charge in [0.25, 0.3) is 11.5 Å². The van der Waals surface area contributed by atoms with Gasteiger partial charge in [0.1, 0.15) is 11.0 Å². The Labute approximate surface area is 158 Å². The van der Waals surface area contributed by atoms with Crippen molar-refractivity contribution in [2.75, 3.05) is 0 Å². The van der Waals surface area contributed by atoms with Crippen LogP contribution in [0.2, 0.25) is 0 Å². The molecule has 0 fully saturated rings. The highest BCUT2D eigenvalue weighted by Gasteiger charge is 2.16. The largest absolute Gasteiger partial charge is 0.346 e. The summed E-state index contributed by atoms with van der Waals surface area (Å²) in [4.78, 5) is 37.4. The summed E-state index contributed by atoms with van der Waals surface area (Å²) >= 11 is 1.06. The van der Waals surface area contributed by atoms with Crippen LogP contribution in [0.25, 0.3) is 10.3 Å². The van der Waals surface area contributed by atoms with Gasteiger partial charge in [0.15, 0.2) is 10.7 Å². The summed E-state index contributed by atoms with van der Waals surface area (Å²) in [5, 5.41) is 3.02. The fourth-order valence-electron chi connectivity index (χ4n) is 2.59. The first-order valence-electron chi connectivity index (χ1n) is 8.28. The summed E-state index contributed by atoms with van der Waals surface area (Å²) in [5.41, 5.74) is 2.03. The molecule has 3 heterocycles. The summed E-state index contributed by atoms with van der Waals surface area (Å²) in [6, 6.07) is 13.3. The zero-order valence-corrected chi connectivity index (χ0v) is 15.0. The highest BCUT2D eigenvalue weighted by molar-refractivity contribution is 7.20. The summed E-state index contributed by atoms with van der Waals surface area (Å²) < 4.78 is 1.90. The average Bonchev–Trinajstić information content (AvgIpc) is 3.15. The number of nitrogens with zero attached hydrogens (tertiary/aromatic N) is 4. The number of thiazole rings is 1. The molecule has 8 heteroatoms. The average molecular weight is 377 g/mol. The topological polar surface area (TPSA) is 89.8 Å². The van der Waals surface area contributed by atoms with Crippen LogP contribution >= 0.6 is 11.3 Å². The predicted molar refractivity (Wildman–Crippen MR) is 103 cm³/mol. The predicted octanol–water partition coefficient (Wildman–Crippen LogP) is 2.23. The van der Waals surface area contributed by atoms with Crippen LogP contribution in [0, 0.1) is 0 Å². The van der Waals surface area contributed by atoms with Gasteiger partial charge in [0.2, 0.25) is 0 Å². The summed E-state index contributed by atoms with van der Waals surface area (Å²) in [7, 11) is 0. The Balaban J connectivity index is 1.56. The summed E-state index contributed by atoms with van der Waals surface area (Å²) in [6.45, 7) is 0.785. The van der Waals surface area contributed by atoms with Gasteiger partial charge in [-0.15, -0.1) is 11.3 Å². The normalized spacial score (nSPS) is 10.8. The Bertz CT molecular complexity index is 1140. The molecule has 134 valence electrons. The van der Waals surface area contributed by atoms with Crippen molar-refractivity contribution in [3.8, 4) is 0 Å². The van der Waals surface area contributed by atoms with Gasteiger partial charge < -0.3 is 5.32 Å². The van der Waals surface area contributed by atoms with E-state index in [1.54, 1.807) is 12.4 Å². The maximum atomic E-state index is 12.7. The molecule has 0 aliphatic heterocycles. The first-order chi connectivity index (χ1) is 13.2. The monoisotopic (exact) mass is 377 g/mol. The number of carbonyl (C=O) groups excluding carboxylic acids is 1. The van der Waals surface area contributed by atoms with Gasteiger partial charge in [-0.2, -0.15) is 0 Å². The second kappa shape index (κ2) is 7.46. The number of hydrogen-bond acceptors (Lipinski definition) is 6. The second-order valence-corrected chi connectivity index (χ2v) is 6.87. The molecule has 0 aliphatic carbocycles. The van der Waals surface area contributed by atoms with Crippen LogP contribution < -0.4 is 10.9 Å². The van der Waals surface area contributed by atoms with Gasteiger partial charge in [-0.3, -0.25) is 19.1 Å². The van der Waals surface area contributed by atoms with E-state index in [2.05, 4.69) is 20.3 Å². The lowest BCUT2D eigenvalue weighted by atomic mass is 10.2. The quantitative estimate of drug-likeness (QED) is 0.576. The van der Waals surface area contributed by atoms with E-state index >= 15 is 0 Å². The lowest BCUT2D eigenvalue weighted by Gasteiger charge is -2.04. The minimum absolute atomic E-state index is 0.200. The van der Waals surface area contributed by atoms with Crippen LogP contribution in [0.5, 0.6) is 0 Å². The molecule has 1 aromatic carbocycles. The molecule has 27 heavy (non-hydrogen) atoms. The molecule has 3 aromatic heterocycles. The number of nitrogens with one attached hydrogen (secondary N) is 1. The maximum Gasteiger partial charge on any atom is 0.280 e. The van der Waals surface area contributed by atoms with Crippen LogP contribution in [-0.2, 0) is 13.1 Å². The number of hydrogen-bond donors (Lipinski definition) is 1. The van der Waals surface area contributed by atoms with E-state index in [4.69, 9.17) is 0 Å². The number of aromatic nitrogens is 4. The number of benzene rings is 1. The van der Waals surface area contributed by atoms with Crippen LogP contribution in [-0.4, -0.2) is 25.4 Å². The van der Waals surface area contributed by atoms with E-state index in [0.29, 0.717) is 23.4 Å². The number of rotatable bonds is 5. The zero-order chi connectivity index (χ0) is 18.6. The minimum Gasteiger partial charge on any atom is -0.346 e. The van der Waals surface area contributed by atoms with Gasteiger partial charge in [-0.1, -0.05) is 30.3 Å². The van der Waals surface area contributed by atoms with E-state index < -0.39 is 0 Å². The molecule has 0 unspecified atom stereocenters. The third kappa shape index (κ3) is 3.75. The standard InChI is InChI=1S/C19H15N5O2S/c25-17(21-10-13-6-8-20-9-7-13)18-23-16-15(27-18)19(26)24(12-22-16)11-14-4-2-1-3-5-14/h1-9,12H,10-11H2,(H,21,25). The lowest BCUT2D eigenvalue weighted by Crippen LogP contribution is -2.22. The van der Waals surface area contributed by atoms with Crippen molar-refractivity contribution in [1.29, 1.82) is 0 Å². The summed E-state index contributed by atoms with van der Waals surface area (Å²) in [5.74, 6) is -0.330. The highest BCUT2D eigenvalue weighted by Crippen LogP contribution is 2.17. The Kier molecular flexibility index (Phi) is 4.71. The van der Waals surface area contributed by atoms with E-state index in [1.165, 1.54) is 10.9 Å². The van der Waals surface area contributed by atoms with E-state index in [-0.39, 0.29) is 16.5 Å². The SMILES string of the molecule is O=C(NCc1ccncc1)c1nc2ncn(Cc3ccccc3)c(=O)c2s1. The molecule has 0 bridgehead atoms. The van der Waals surface area contributed by atoms with Crippen molar-refractivity contribution in [2.24, 2.45) is 0 Å². The minimum atomic E-state index is -0.330. The van der Waals surface area contributed by atoms with Crippen molar-refractivity contribution in [3.63, 3.8) is 0 Å². The van der Waals surface area contributed by atoms with Crippen molar-refractivity contribution in [1.82, 2.24) is 24.8 Å². The van der Waals surface area contributed by atoms with Crippen molar-refractivity contribution >= 4 is 27.6 Å². The molecule has 4 rings (SSSR count). The highest BCUT2D eigenvalue weighted by atomic mass is 32.1. The molecule has 7 nitrogen and oxygen atoms in total. The van der Waals surface area contributed by atoms with Gasteiger partial charge in [0.05, 0.1) is 6.54 Å². The first kappa shape index (κ1) is 17.0. The number of carbonyl (C=O) groups is 1. The third-order valence-electron chi connectivity index (χ3n) is 3.98. The number of pyridine rings is 1. The van der Waals surface area contributed by atoms with Crippen LogP contribution in [0.1, 0.15) is 20.9 Å². The fraction of sp³-hybridized carbons (Fsp3) is 0.105. The number of amides is 1. The van der Waals surface area contributed by atoms with Crippen molar-refractivity contribution in [3.05, 3.63) is 87.7 Å². The third-order valence-corrected chi connectivity index (χ3v) is 5.01. The molecule has 0 saturated heterocycles. The first-order valence-corrected chi connectivity index (χ1v) is 9.09. The molecule has 0 spiro atoms. The second-order valence-electron chi connectivity index (χ2n) is 5.87. The molecule has 1 N–H and O–H groups in total. The lowest BCUT2D eigenvalue weighted by molar-refractivity contribution is 0.0950. The zero-order valence-electron chi connectivity index (χ0n) is 14.2. The van der Waals surface area contributed by atoms with Crippen LogP contribution in [0.3, 0.4) is 0 Å². The maximum absolute atomic E-state index is 12.7. The Morgan fingerprint density at radius 3 is 2.63 bits per heavy atom. The molecule has 0 radical (unpaired) electrons. The molecule has 4 aromatic rings.